The monoisotopic (exact) mass is 320 g/mol. The minimum atomic E-state index is 0.370. The lowest BCUT2D eigenvalue weighted by Crippen LogP contribution is -2.00. The van der Waals surface area contributed by atoms with Crippen molar-refractivity contribution in [2.24, 2.45) is 0 Å². The summed E-state index contributed by atoms with van der Waals surface area (Å²) in [4.78, 5) is 0. The zero-order chi connectivity index (χ0) is 12.9. The quantitative estimate of drug-likeness (QED) is 0.491. The molecule has 2 nitrogen and oxygen atoms in total. The number of ether oxygens (including phenoxy) is 2. The summed E-state index contributed by atoms with van der Waals surface area (Å²) in [6.45, 7) is 0. The summed E-state index contributed by atoms with van der Waals surface area (Å²) in [5, 5.41) is 1.57. The number of hydrogen-bond donors (Lipinski definition) is 0. The van der Waals surface area contributed by atoms with Gasteiger partial charge in [-0.1, -0.05) is 46.4 Å². The van der Waals surface area contributed by atoms with E-state index in [1.54, 1.807) is 24.3 Å². The molecule has 18 heavy (non-hydrogen) atoms. The molecule has 0 atom stereocenters. The van der Waals surface area contributed by atoms with Gasteiger partial charge in [-0.05, 0) is 12.1 Å². The second-order valence-corrected chi connectivity index (χ2v) is 5.23. The van der Waals surface area contributed by atoms with Gasteiger partial charge in [-0.3, -0.25) is 0 Å². The summed E-state index contributed by atoms with van der Waals surface area (Å²) in [5.41, 5.74) is 0. The van der Waals surface area contributed by atoms with E-state index in [0.717, 1.165) is 0 Å². The van der Waals surface area contributed by atoms with Crippen molar-refractivity contribution in [2.75, 3.05) is 0 Å². The van der Waals surface area contributed by atoms with Crippen LogP contribution in [0, 0.1) is 0 Å². The van der Waals surface area contributed by atoms with Crippen molar-refractivity contribution in [3.63, 3.8) is 0 Å². The normalized spacial score (nSPS) is 12.2. The molecule has 0 aliphatic carbocycles. The molecule has 0 N–H and O–H groups in total. The van der Waals surface area contributed by atoms with E-state index in [-0.39, 0.29) is 0 Å². The van der Waals surface area contributed by atoms with Gasteiger partial charge in [-0.2, -0.15) is 0 Å². The third-order valence-corrected chi connectivity index (χ3v) is 3.74. The Morgan fingerprint density at radius 1 is 0.611 bits per heavy atom. The van der Waals surface area contributed by atoms with E-state index < -0.39 is 0 Å². The second-order valence-electron chi connectivity index (χ2n) is 3.60. The maximum atomic E-state index is 6.03. The van der Waals surface area contributed by atoms with Crippen molar-refractivity contribution >= 4 is 46.4 Å². The van der Waals surface area contributed by atoms with Gasteiger partial charge < -0.3 is 9.47 Å². The highest BCUT2D eigenvalue weighted by atomic mass is 35.5. The molecule has 3 rings (SSSR count). The van der Waals surface area contributed by atoms with E-state index in [4.69, 9.17) is 55.9 Å². The molecular formula is C12H4Cl4O2. The first-order chi connectivity index (χ1) is 8.56. The number of rotatable bonds is 0. The molecule has 0 saturated carbocycles. The average Bonchev–Trinajstić information content (AvgIpc) is 2.34. The Labute approximate surface area is 123 Å². The number of fused-ring (bicyclic) bond motifs is 2. The van der Waals surface area contributed by atoms with Crippen LogP contribution >= 0.6 is 46.4 Å². The second kappa shape index (κ2) is 4.39. The third-order valence-electron chi connectivity index (χ3n) is 2.43. The predicted molar refractivity (Wildman–Crippen MR) is 73.1 cm³/mol. The van der Waals surface area contributed by atoms with Crippen LogP contribution in [-0.2, 0) is 0 Å². The minimum Gasteiger partial charge on any atom is -0.448 e. The Bertz CT molecular complexity index is 599. The van der Waals surface area contributed by atoms with E-state index in [1.807, 2.05) is 0 Å². The topological polar surface area (TPSA) is 18.5 Å². The molecular weight excluding hydrogens is 318 g/mol. The molecule has 6 heteroatoms. The summed E-state index contributed by atoms with van der Waals surface area (Å²) < 4.78 is 11.3. The van der Waals surface area contributed by atoms with E-state index in [1.165, 1.54) is 0 Å². The van der Waals surface area contributed by atoms with Crippen LogP contribution in [-0.4, -0.2) is 0 Å². The first kappa shape index (κ1) is 12.2. The number of halogens is 4. The Morgan fingerprint density at radius 3 is 1.39 bits per heavy atom. The SMILES string of the molecule is Clc1cc2c(cc1Cl)Oc1c(Cl)ccc(Cl)c1O2. The van der Waals surface area contributed by atoms with Crippen LogP contribution < -0.4 is 9.47 Å². The Balaban J connectivity index is 2.17. The maximum absolute atomic E-state index is 6.03. The smallest absolute Gasteiger partial charge is 0.190 e. The van der Waals surface area contributed by atoms with E-state index in [2.05, 4.69) is 0 Å². The molecule has 0 spiro atoms. The zero-order valence-corrected chi connectivity index (χ0v) is 11.7. The average molecular weight is 322 g/mol. The molecule has 0 saturated heterocycles. The Hall–Kier alpha value is -0.800. The molecule has 1 heterocycles. The van der Waals surface area contributed by atoms with Crippen molar-refractivity contribution in [1.82, 2.24) is 0 Å². The first-order valence-corrected chi connectivity index (χ1v) is 6.40. The van der Waals surface area contributed by atoms with Gasteiger partial charge in [0.2, 0.25) is 0 Å². The fourth-order valence-electron chi connectivity index (χ4n) is 1.59. The Morgan fingerprint density at radius 2 is 1.00 bits per heavy atom. The molecule has 0 aromatic heterocycles. The predicted octanol–water partition coefficient (Wildman–Crippen LogP) is 6.20. The van der Waals surface area contributed by atoms with Crippen LogP contribution in [0.5, 0.6) is 23.0 Å². The van der Waals surface area contributed by atoms with Gasteiger partial charge in [0.25, 0.3) is 0 Å². The van der Waals surface area contributed by atoms with Gasteiger partial charge >= 0.3 is 0 Å². The van der Waals surface area contributed by atoms with Crippen LogP contribution in [0.15, 0.2) is 24.3 Å². The molecule has 0 bridgehead atoms. The Kier molecular flexibility index (Phi) is 2.99. The molecule has 2 aromatic rings. The standard InChI is InChI=1S/C12H4Cl4O2/c13-5-1-2-6(14)12-11(5)17-9-3-7(15)8(16)4-10(9)18-12/h1-4H. The summed E-state index contributed by atoms with van der Waals surface area (Å²) in [5.74, 6) is 1.63. The van der Waals surface area contributed by atoms with Gasteiger partial charge in [-0.15, -0.1) is 0 Å². The van der Waals surface area contributed by atoms with Crippen molar-refractivity contribution < 1.29 is 9.47 Å². The fourth-order valence-corrected chi connectivity index (χ4v) is 2.28. The maximum Gasteiger partial charge on any atom is 0.190 e. The van der Waals surface area contributed by atoms with Crippen molar-refractivity contribution in [2.45, 2.75) is 0 Å². The fraction of sp³-hybridized carbons (Fsp3) is 0. The van der Waals surface area contributed by atoms with E-state index in [0.29, 0.717) is 43.1 Å². The third kappa shape index (κ3) is 1.90. The largest absolute Gasteiger partial charge is 0.448 e. The van der Waals surface area contributed by atoms with Gasteiger partial charge in [0.15, 0.2) is 23.0 Å². The van der Waals surface area contributed by atoms with Gasteiger partial charge in [-0.25, -0.2) is 0 Å². The highest BCUT2D eigenvalue weighted by Gasteiger charge is 2.24. The highest BCUT2D eigenvalue weighted by molar-refractivity contribution is 6.42. The van der Waals surface area contributed by atoms with E-state index in [9.17, 15) is 0 Å². The van der Waals surface area contributed by atoms with Crippen LogP contribution in [0.1, 0.15) is 0 Å². The molecule has 0 radical (unpaired) electrons. The summed E-state index contributed by atoms with van der Waals surface area (Å²) in [6, 6.07) is 6.40. The zero-order valence-electron chi connectivity index (χ0n) is 8.64. The minimum absolute atomic E-state index is 0.370. The lowest BCUT2D eigenvalue weighted by atomic mass is 10.2. The van der Waals surface area contributed by atoms with Crippen LogP contribution in [0.4, 0.5) is 0 Å². The molecule has 0 fully saturated rings. The van der Waals surface area contributed by atoms with Crippen LogP contribution in [0.3, 0.4) is 0 Å². The van der Waals surface area contributed by atoms with Gasteiger partial charge in [0, 0.05) is 12.1 Å². The highest BCUT2D eigenvalue weighted by Crippen LogP contribution is 2.52. The van der Waals surface area contributed by atoms with Gasteiger partial charge in [0.1, 0.15) is 0 Å². The van der Waals surface area contributed by atoms with Crippen LogP contribution in [0.2, 0.25) is 20.1 Å². The number of hydrogen-bond acceptors (Lipinski definition) is 2. The summed E-state index contributed by atoms with van der Waals surface area (Å²) in [7, 11) is 0. The molecule has 0 unspecified atom stereocenters. The van der Waals surface area contributed by atoms with Crippen molar-refractivity contribution in [3.05, 3.63) is 44.4 Å². The molecule has 92 valence electrons. The van der Waals surface area contributed by atoms with Crippen LogP contribution in [0.25, 0.3) is 0 Å². The lowest BCUT2D eigenvalue weighted by molar-refractivity contribution is 0.360. The number of benzene rings is 2. The van der Waals surface area contributed by atoms with Gasteiger partial charge in [0.05, 0.1) is 20.1 Å². The summed E-state index contributed by atoms with van der Waals surface area (Å²) >= 11 is 23.9. The molecule has 1 aliphatic heterocycles. The molecule has 2 aromatic carbocycles. The van der Waals surface area contributed by atoms with Crippen molar-refractivity contribution in [1.29, 1.82) is 0 Å². The van der Waals surface area contributed by atoms with Crippen molar-refractivity contribution in [3.8, 4) is 23.0 Å². The molecule has 1 aliphatic rings. The first-order valence-electron chi connectivity index (χ1n) is 4.89. The molecule has 0 amide bonds. The lowest BCUT2D eigenvalue weighted by Gasteiger charge is -2.22. The summed E-state index contributed by atoms with van der Waals surface area (Å²) in [6.07, 6.45) is 0. The van der Waals surface area contributed by atoms with E-state index >= 15 is 0 Å².